The quantitative estimate of drug-likeness (QED) is 0.734. The fourth-order valence-corrected chi connectivity index (χ4v) is 2.52. The molecule has 2 aromatic rings. The Labute approximate surface area is 90.1 Å². The van der Waals surface area contributed by atoms with Gasteiger partial charge in [-0.15, -0.1) is 11.3 Å². The van der Waals surface area contributed by atoms with Crippen LogP contribution in [0.1, 0.15) is 10.4 Å². The van der Waals surface area contributed by atoms with E-state index in [2.05, 4.69) is 0 Å². The molecule has 0 aliphatic rings. The topological polar surface area (TPSA) is 26.3 Å². The van der Waals surface area contributed by atoms with Crippen LogP contribution >= 0.6 is 22.9 Å². The number of halogens is 1. The fourth-order valence-electron chi connectivity index (χ4n) is 1.34. The molecule has 1 aromatic carbocycles. The van der Waals surface area contributed by atoms with Crippen LogP contribution in [0.15, 0.2) is 17.5 Å². The van der Waals surface area contributed by atoms with E-state index in [4.69, 9.17) is 16.3 Å². The number of carbonyl (C=O) groups is 1. The number of hydrogen-bond acceptors (Lipinski definition) is 3. The second-order valence-corrected chi connectivity index (χ2v) is 4.08. The molecule has 0 saturated heterocycles. The second-order valence-electron chi connectivity index (χ2n) is 2.76. The average Bonchev–Trinajstić information content (AvgIpc) is 2.65. The number of fused-ring (bicyclic) bond motifs is 1. The molecule has 0 aliphatic carbocycles. The summed E-state index contributed by atoms with van der Waals surface area (Å²) < 4.78 is 6.11. The third kappa shape index (κ3) is 1.29. The Morgan fingerprint density at radius 1 is 1.57 bits per heavy atom. The molecule has 0 atom stereocenters. The number of methoxy groups -OCH3 is 1. The Kier molecular flexibility index (Phi) is 2.44. The molecule has 14 heavy (non-hydrogen) atoms. The normalized spacial score (nSPS) is 10.4. The van der Waals surface area contributed by atoms with Gasteiger partial charge in [0.1, 0.15) is 5.75 Å². The number of aldehydes is 1. The van der Waals surface area contributed by atoms with Crippen molar-refractivity contribution in [3.8, 4) is 5.75 Å². The lowest BCUT2D eigenvalue weighted by Gasteiger charge is -2.05. The molecule has 0 fully saturated rings. The molecule has 72 valence electrons. The summed E-state index contributed by atoms with van der Waals surface area (Å²) in [5.41, 5.74) is 0.417. The summed E-state index contributed by atoms with van der Waals surface area (Å²) in [7, 11) is 1.53. The smallest absolute Gasteiger partial charge is 0.155 e. The highest BCUT2D eigenvalue weighted by Gasteiger charge is 2.12. The van der Waals surface area contributed by atoms with Gasteiger partial charge in [0, 0.05) is 10.1 Å². The zero-order chi connectivity index (χ0) is 10.1. The van der Waals surface area contributed by atoms with Crippen molar-refractivity contribution >= 4 is 39.3 Å². The van der Waals surface area contributed by atoms with E-state index >= 15 is 0 Å². The van der Waals surface area contributed by atoms with Crippen molar-refractivity contribution in [1.82, 2.24) is 0 Å². The van der Waals surface area contributed by atoms with E-state index < -0.39 is 0 Å². The van der Waals surface area contributed by atoms with E-state index in [1.54, 1.807) is 11.3 Å². The zero-order valence-electron chi connectivity index (χ0n) is 7.41. The summed E-state index contributed by atoms with van der Waals surface area (Å²) in [5.74, 6) is 0.528. The van der Waals surface area contributed by atoms with Crippen LogP contribution in [0.3, 0.4) is 0 Å². The molecule has 2 rings (SSSR count). The minimum atomic E-state index is 0.417. The molecule has 0 aliphatic heterocycles. The number of carbonyl (C=O) groups excluding carboxylic acids is 1. The summed E-state index contributed by atoms with van der Waals surface area (Å²) >= 11 is 7.63. The zero-order valence-corrected chi connectivity index (χ0v) is 8.98. The lowest BCUT2D eigenvalue weighted by Crippen LogP contribution is -1.91. The SMILES string of the molecule is COc1cc2sccc2c(Cl)c1C=O. The molecule has 0 N–H and O–H groups in total. The van der Waals surface area contributed by atoms with E-state index in [0.29, 0.717) is 16.3 Å². The predicted octanol–water partition coefficient (Wildman–Crippen LogP) is 3.38. The Balaban J connectivity index is 2.85. The molecule has 1 aromatic heterocycles. The first-order valence-electron chi connectivity index (χ1n) is 3.96. The molecule has 4 heteroatoms. The largest absolute Gasteiger partial charge is 0.496 e. The Bertz CT molecular complexity index is 490. The lowest BCUT2D eigenvalue weighted by atomic mass is 10.1. The van der Waals surface area contributed by atoms with Gasteiger partial charge in [-0.05, 0) is 17.5 Å². The maximum Gasteiger partial charge on any atom is 0.155 e. The highest BCUT2D eigenvalue weighted by Crippen LogP contribution is 2.36. The minimum Gasteiger partial charge on any atom is -0.496 e. The summed E-state index contributed by atoms with van der Waals surface area (Å²) in [6, 6.07) is 3.73. The minimum absolute atomic E-state index is 0.417. The van der Waals surface area contributed by atoms with Gasteiger partial charge in [-0.3, -0.25) is 4.79 Å². The lowest BCUT2D eigenvalue weighted by molar-refractivity contribution is 0.112. The Hall–Kier alpha value is -1.06. The van der Waals surface area contributed by atoms with Crippen molar-refractivity contribution in [2.24, 2.45) is 0 Å². The molecule has 2 nitrogen and oxygen atoms in total. The van der Waals surface area contributed by atoms with Crippen molar-refractivity contribution in [2.45, 2.75) is 0 Å². The first-order valence-corrected chi connectivity index (χ1v) is 5.22. The van der Waals surface area contributed by atoms with Crippen LogP contribution in [0.2, 0.25) is 5.02 Å². The maximum absolute atomic E-state index is 10.8. The van der Waals surface area contributed by atoms with Gasteiger partial charge in [0.05, 0.1) is 17.7 Å². The molecule has 0 saturated carbocycles. The molecular formula is C10H7ClO2S. The van der Waals surface area contributed by atoms with E-state index in [-0.39, 0.29) is 0 Å². The van der Waals surface area contributed by atoms with Gasteiger partial charge >= 0.3 is 0 Å². The van der Waals surface area contributed by atoms with Gasteiger partial charge in [-0.25, -0.2) is 0 Å². The number of thiophene rings is 1. The van der Waals surface area contributed by atoms with Gasteiger partial charge in [-0.2, -0.15) is 0 Å². The number of rotatable bonds is 2. The van der Waals surface area contributed by atoms with Crippen LogP contribution < -0.4 is 4.74 Å². The molecule has 0 amide bonds. The maximum atomic E-state index is 10.8. The Morgan fingerprint density at radius 2 is 2.36 bits per heavy atom. The van der Waals surface area contributed by atoms with Crippen LogP contribution in [0.5, 0.6) is 5.75 Å². The summed E-state index contributed by atoms with van der Waals surface area (Å²) in [6.07, 6.45) is 0.721. The van der Waals surface area contributed by atoms with Gasteiger partial charge in [0.25, 0.3) is 0 Å². The highest BCUT2D eigenvalue weighted by molar-refractivity contribution is 7.17. The number of benzene rings is 1. The highest BCUT2D eigenvalue weighted by atomic mass is 35.5. The fraction of sp³-hybridized carbons (Fsp3) is 0.100. The van der Waals surface area contributed by atoms with Gasteiger partial charge < -0.3 is 4.74 Å². The van der Waals surface area contributed by atoms with Crippen LogP contribution in [0.4, 0.5) is 0 Å². The molecule has 0 bridgehead atoms. The molecule has 0 unspecified atom stereocenters. The van der Waals surface area contributed by atoms with E-state index in [9.17, 15) is 4.79 Å². The third-order valence-electron chi connectivity index (χ3n) is 2.03. The van der Waals surface area contributed by atoms with E-state index in [0.717, 1.165) is 16.4 Å². The monoisotopic (exact) mass is 226 g/mol. The molecular weight excluding hydrogens is 220 g/mol. The predicted molar refractivity (Wildman–Crippen MR) is 58.8 cm³/mol. The van der Waals surface area contributed by atoms with Gasteiger partial charge in [0.15, 0.2) is 6.29 Å². The summed E-state index contributed by atoms with van der Waals surface area (Å²) in [6.45, 7) is 0. The van der Waals surface area contributed by atoms with E-state index in [1.807, 2.05) is 17.5 Å². The summed E-state index contributed by atoms with van der Waals surface area (Å²) in [5, 5.41) is 3.31. The van der Waals surface area contributed by atoms with Gasteiger partial charge in [0.2, 0.25) is 0 Å². The first kappa shape index (κ1) is 9.49. The number of hydrogen-bond donors (Lipinski definition) is 0. The van der Waals surface area contributed by atoms with Crippen molar-refractivity contribution in [3.63, 3.8) is 0 Å². The van der Waals surface area contributed by atoms with Crippen molar-refractivity contribution in [2.75, 3.05) is 7.11 Å². The molecule has 1 heterocycles. The van der Waals surface area contributed by atoms with Crippen LogP contribution in [0.25, 0.3) is 10.1 Å². The average molecular weight is 227 g/mol. The number of ether oxygens (including phenoxy) is 1. The van der Waals surface area contributed by atoms with E-state index in [1.165, 1.54) is 7.11 Å². The standard InChI is InChI=1S/C10H7ClO2S/c1-13-8-4-9-6(2-3-14-9)10(11)7(8)5-12/h2-5H,1H3. The van der Waals surface area contributed by atoms with Crippen molar-refractivity contribution < 1.29 is 9.53 Å². The van der Waals surface area contributed by atoms with Crippen molar-refractivity contribution in [3.05, 3.63) is 28.1 Å². The Morgan fingerprint density at radius 3 is 3.00 bits per heavy atom. The van der Waals surface area contributed by atoms with Gasteiger partial charge in [-0.1, -0.05) is 11.6 Å². The first-order chi connectivity index (χ1) is 6.77. The third-order valence-corrected chi connectivity index (χ3v) is 3.30. The van der Waals surface area contributed by atoms with Crippen LogP contribution in [-0.4, -0.2) is 13.4 Å². The molecule has 0 radical (unpaired) electrons. The van der Waals surface area contributed by atoms with Crippen LogP contribution in [0, 0.1) is 0 Å². The van der Waals surface area contributed by atoms with Crippen LogP contribution in [-0.2, 0) is 0 Å². The summed E-state index contributed by atoms with van der Waals surface area (Å²) in [4.78, 5) is 10.8. The molecule has 0 spiro atoms. The van der Waals surface area contributed by atoms with Crippen molar-refractivity contribution in [1.29, 1.82) is 0 Å². The second kappa shape index (κ2) is 3.59.